The first-order chi connectivity index (χ1) is 14.1. The molecular weight excluding hydrogens is 394 g/mol. The van der Waals surface area contributed by atoms with Crippen LogP contribution in [0.2, 0.25) is 0 Å². The molecule has 0 heterocycles. The predicted molar refractivity (Wildman–Crippen MR) is 127 cm³/mol. The lowest BCUT2D eigenvalue weighted by molar-refractivity contribution is -0.908. The van der Waals surface area contributed by atoms with Crippen LogP contribution in [0.4, 0.5) is 0 Å². The smallest absolute Gasteiger partial charge is 0.330 e. The molecule has 0 saturated carbocycles. The summed E-state index contributed by atoms with van der Waals surface area (Å²) in [6.07, 6.45) is 23.8. The fourth-order valence-corrected chi connectivity index (χ4v) is 3.90. The largest absolute Gasteiger partial charge is 1.00 e. The number of carbonyl (C=O) groups is 1. The van der Waals surface area contributed by atoms with Crippen LogP contribution in [0.3, 0.4) is 0 Å². The monoisotopic (exact) mass is 445 g/mol. The van der Waals surface area contributed by atoms with Crippen LogP contribution in [-0.2, 0) is 9.53 Å². The van der Waals surface area contributed by atoms with E-state index in [1.807, 2.05) is 0 Å². The lowest BCUT2D eigenvalue weighted by atomic mass is 10.0. The van der Waals surface area contributed by atoms with Gasteiger partial charge < -0.3 is 21.6 Å². The molecule has 180 valence electrons. The zero-order chi connectivity index (χ0) is 21.6. The Labute approximate surface area is 195 Å². The minimum Gasteiger partial charge on any atom is -1.00 e. The summed E-state index contributed by atoms with van der Waals surface area (Å²) in [5.74, 6) is -0.310. The standard InChI is InChI=1S/C26H52NO2.ClH/c1-5-8-9-10-11-12-13-14-15-16-17-18-19-20-21-22-23-27(4,7-3)24-25-29-26(28)6-2;/h6H,2,5,7-25H2,1,3-4H3;1H/q+1;/p-1. The quantitative estimate of drug-likeness (QED) is 0.106. The van der Waals surface area contributed by atoms with E-state index in [1.165, 1.54) is 115 Å². The molecular formula is C26H52ClNO2. The van der Waals surface area contributed by atoms with Gasteiger partial charge in [0.05, 0.1) is 20.1 Å². The Morgan fingerprint density at radius 2 is 1.13 bits per heavy atom. The Balaban J connectivity index is 0. The number of quaternary nitrogens is 1. The number of esters is 1. The third-order valence-electron chi connectivity index (χ3n) is 6.36. The minimum atomic E-state index is -0.310. The van der Waals surface area contributed by atoms with Crippen LogP contribution in [0.5, 0.6) is 0 Å². The molecule has 0 rings (SSSR count). The van der Waals surface area contributed by atoms with Gasteiger partial charge in [0.15, 0.2) is 0 Å². The van der Waals surface area contributed by atoms with Crippen molar-refractivity contribution in [2.45, 2.75) is 117 Å². The normalized spacial score (nSPS) is 12.8. The van der Waals surface area contributed by atoms with Gasteiger partial charge in [-0.2, -0.15) is 0 Å². The number of hydrogen-bond donors (Lipinski definition) is 0. The molecule has 0 bridgehead atoms. The van der Waals surface area contributed by atoms with Crippen molar-refractivity contribution in [3.8, 4) is 0 Å². The average molecular weight is 446 g/mol. The van der Waals surface area contributed by atoms with E-state index in [2.05, 4.69) is 27.5 Å². The zero-order valence-electron chi connectivity index (χ0n) is 20.6. The van der Waals surface area contributed by atoms with Gasteiger partial charge in [0, 0.05) is 6.08 Å². The highest BCUT2D eigenvalue weighted by Gasteiger charge is 2.18. The molecule has 3 nitrogen and oxygen atoms in total. The lowest BCUT2D eigenvalue weighted by Gasteiger charge is -2.33. The van der Waals surface area contributed by atoms with Crippen LogP contribution in [0, 0.1) is 0 Å². The fourth-order valence-electron chi connectivity index (χ4n) is 3.90. The van der Waals surface area contributed by atoms with E-state index in [9.17, 15) is 4.79 Å². The van der Waals surface area contributed by atoms with Crippen LogP contribution >= 0.6 is 0 Å². The lowest BCUT2D eigenvalue weighted by Crippen LogP contribution is -3.00. The van der Waals surface area contributed by atoms with E-state index in [1.54, 1.807) is 0 Å². The van der Waals surface area contributed by atoms with Crippen LogP contribution < -0.4 is 12.4 Å². The maximum absolute atomic E-state index is 11.2. The van der Waals surface area contributed by atoms with Crippen molar-refractivity contribution in [1.82, 2.24) is 0 Å². The number of halogens is 1. The van der Waals surface area contributed by atoms with Crippen molar-refractivity contribution < 1.29 is 26.4 Å². The molecule has 0 amide bonds. The highest BCUT2D eigenvalue weighted by Crippen LogP contribution is 2.14. The summed E-state index contributed by atoms with van der Waals surface area (Å²) in [5.41, 5.74) is 0. The van der Waals surface area contributed by atoms with Crippen molar-refractivity contribution in [1.29, 1.82) is 0 Å². The SMILES string of the molecule is C=CC(=O)OCC[N+](C)(CC)CCCCCCCCCCCCCCCCCC.[Cl-]. The highest BCUT2D eigenvalue weighted by atomic mass is 35.5. The van der Waals surface area contributed by atoms with E-state index < -0.39 is 0 Å². The third kappa shape index (κ3) is 20.7. The molecule has 0 aromatic rings. The van der Waals surface area contributed by atoms with Crippen LogP contribution in [0.25, 0.3) is 0 Å². The average Bonchev–Trinajstić information content (AvgIpc) is 2.73. The number of likely N-dealkylation sites (N-methyl/N-ethyl adjacent to an activating group) is 1. The Kier molecular flexibility index (Phi) is 24.4. The fraction of sp³-hybridized carbons (Fsp3) is 0.885. The molecule has 4 heteroatoms. The second-order valence-corrected chi connectivity index (χ2v) is 9.06. The molecule has 30 heavy (non-hydrogen) atoms. The van der Waals surface area contributed by atoms with Crippen LogP contribution in [0.15, 0.2) is 12.7 Å². The van der Waals surface area contributed by atoms with Gasteiger partial charge in [0.2, 0.25) is 0 Å². The van der Waals surface area contributed by atoms with Crippen molar-refractivity contribution >= 4 is 5.97 Å². The molecule has 1 atom stereocenters. The van der Waals surface area contributed by atoms with E-state index >= 15 is 0 Å². The summed E-state index contributed by atoms with van der Waals surface area (Å²) in [5, 5.41) is 0. The molecule has 0 aliphatic carbocycles. The topological polar surface area (TPSA) is 26.3 Å². The van der Waals surface area contributed by atoms with Gasteiger partial charge in [0.1, 0.15) is 13.2 Å². The molecule has 0 aromatic heterocycles. The van der Waals surface area contributed by atoms with Gasteiger partial charge in [0.25, 0.3) is 0 Å². The predicted octanol–water partition coefficient (Wildman–Crippen LogP) is 4.45. The number of unbranched alkanes of at least 4 members (excludes halogenated alkanes) is 15. The Morgan fingerprint density at radius 1 is 0.733 bits per heavy atom. The molecule has 0 aliphatic rings. The van der Waals surface area contributed by atoms with Gasteiger partial charge in [-0.25, -0.2) is 4.79 Å². The number of rotatable bonds is 22. The van der Waals surface area contributed by atoms with E-state index in [-0.39, 0.29) is 18.4 Å². The molecule has 0 fully saturated rings. The first-order valence-electron chi connectivity index (χ1n) is 12.7. The van der Waals surface area contributed by atoms with Crippen molar-refractivity contribution in [3.05, 3.63) is 12.7 Å². The minimum absolute atomic E-state index is 0. The van der Waals surface area contributed by atoms with Crippen LogP contribution in [0.1, 0.15) is 117 Å². The van der Waals surface area contributed by atoms with Gasteiger partial charge in [-0.05, 0) is 19.8 Å². The first-order valence-corrected chi connectivity index (χ1v) is 12.7. The number of hydrogen-bond acceptors (Lipinski definition) is 2. The number of ether oxygens (including phenoxy) is 1. The second-order valence-electron chi connectivity index (χ2n) is 9.06. The second kappa shape index (κ2) is 23.1. The first kappa shape index (κ1) is 31.6. The molecule has 0 spiro atoms. The van der Waals surface area contributed by atoms with Gasteiger partial charge in [-0.1, -0.05) is 103 Å². The van der Waals surface area contributed by atoms with E-state index in [0.29, 0.717) is 6.61 Å². The summed E-state index contributed by atoms with van der Waals surface area (Å²) in [4.78, 5) is 11.2. The van der Waals surface area contributed by atoms with E-state index in [0.717, 1.165) is 17.6 Å². The van der Waals surface area contributed by atoms with Crippen LogP contribution in [-0.4, -0.2) is 43.7 Å². The summed E-state index contributed by atoms with van der Waals surface area (Å²) in [7, 11) is 2.27. The molecule has 0 N–H and O–H groups in total. The summed E-state index contributed by atoms with van der Waals surface area (Å²) in [6.45, 7) is 11.6. The summed E-state index contributed by atoms with van der Waals surface area (Å²) < 4.78 is 6.14. The van der Waals surface area contributed by atoms with Gasteiger partial charge in [-0.3, -0.25) is 0 Å². The van der Waals surface area contributed by atoms with Crippen molar-refractivity contribution in [2.75, 3.05) is 33.3 Å². The van der Waals surface area contributed by atoms with Gasteiger partial charge in [-0.15, -0.1) is 0 Å². The van der Waals surface area contributed by atoms with Crippen molar-refractivity contribution in [2.24, 2.45) is 0 Å². The molecule has 0 radical (unpaired) electrons. The summed E-state index contributed by atoms with van der Waals surface area (Å²) >= 11 is 0. The number of nitrogens with zero attached hydrogens (tertiary/aromatic N) is 1. The highest BCUT2D eigenvalue weighted by molar-refractivity contribution is 5.81. The number of carbonyl (C=O) groups excluding carboxylic acids is 1. The molecule has 0 aromatic carbocycles. The molecule has 1 unspecified atom stereocenters. The maximum Gasteiger partial charge on any atom is 0.330 e. The molecule has 0 saturated heterocycles. The Morgan fingerprint density at radius 3 is 1.50 bits per heavy atom. The van der Waals surface area contributed by atoms with Gasteiger partial charge >= 0.3 is 5.97 Å². The zero-order valence-corrected chi connectivity index (χ0v) is 21.3. The third-order valence-corrected chi connectivity index (χ3v) is 6.36. The molecule has 0 aliphatic heterocycles. The Hall–Kier alpha value is -0.540. The summed E-state index contributed by atoms with van der Waals surface area (Å²) in [6, 6.07) is 0. The van der Waals surface area contributed by atoms with Crippen molar-refractivity contribution in [3.63, 3.8) is 0 Å². The van der Waals surface area contributed by atoms with E-state index in [4.69, 9.17) is 4.74 Å². The maximum atomic E-state index is 11.2. The Bertz CT molecular complexity index is 389.